The van der Waals surface area contributed by atoms with Gasteiger partial charge in [0.2, 0.25) is 11.8 Å². The van der Waals surface area contributed by atoms with Crippen molar-refractivity contribution < 1.29 is 19.7 Å². The quantitative estimate of drug-likeness (QED) is 0.394. The summed E-state index contributed by atoms with van der Waals surface area (Å²) >= 11 is 0. The van der Waals surface area contributed by atoms with Crippen LogP contribution in [0.25, 0.3) is 10.8 Å². The number of rotatable bonds is 8. The van der Waals surface area contributed by atoms with Crippen LogP contribution in [-0.4, -0.2) is 77.5 Å². The lowest BCUT2D eigenvalue weighted by Crippen LogP contribution is -2.55. The lowest BCUT2D eigenvalue weighted by Gasteiger charge is -2.43. The van der Waals surface area contributed by atoms with E-state index in [0.29, 0.717) is 44.8 Å². The van der Waals surface area contributed by atoms with E-state index in [1.54, 1.807) is 4.90 Å². The number of ether oxygens (including phenoxy) is 1. The lowest BCUT2D eigenvalue weighted by atomic mass is 9.95. The van der Waals surface area contributed by atoms with Gasteiger partial charge in [0.05, 0.1) is 43.1 Å². The number of carbonyl (C=O) groups is 1. The number of piperazine rings is 1. The molecule has 2 aliphatic rings. The van der Waals surface area contributed by atoms with Gasteiger partial charge in [0.15, 0.2) is 0 Å². The molecule has 3 aromatic rings. The molecule has 2 aromatic carbocycles. The van der Waals surface area contributed by atoms with E-state index in [0.717, 1.165) is 22.3 Å². The molecule has 5 rings (SSSR count). The molecule has 10 heteroatoms. The van der Waals surface area contributed by atoms with E-state index in [1.807, 2.05) is 0 Å². The normalized spacial score (nSPS) is 17.3. The molecule has 1 fully saturated rings. The monoisotopic (exact) mass is 566 g/mol. The van der Waals surface area contributed by atoms with Crippen LogP contribution in [0.4, 0.5) is 11.4 Å². The van der Waals surface area contributed by atoms with Gasteiger partial charge in [-0.25, -0.2) is 4.98 Å². The van der Waals surface area contributed by atoms with Crippen molar-refractivity contribution in [1.29, 1.82) is 10.5 Å². The molecular weight excluding hydrogens is 532 g/mol. The maximum Gasteiger partial charge on any atom is 0.246 e. The van der Waals surface area contributed by atoms with Gasteiger partial charge in [0, 0.05) is 42.8 Å². The Labute approximate surface area is 245 Å². The third-order valence-corrected chi connectivity index (χ3v) is 8.04. The number of hydrogen-bond acceptors (Lipinski definition) is 9. The molecule has 0 spiro atoms. The first kappa shape index (κ1) is 28.9. The third kappa shape index (κ3) is 5.47. The Bertz CT molecular complexity index is 1590. The Kier molecular flexibility index (Phi) is 8.58. The van der Waals surface area contributed by atoms with Crippen molar-refractivity contribution in [3.05, 3.63) is 71.4 Å². The first-order valence-electron chi connectivity index (χ1n) is 14.1. The molecular formula is C32H34N6O4. The lowest BCUT2D eigenvalue weighted by molar-refractivity contribution is -0.128. The van der Waals surface area contributed by atoms with Crippen LogP contribution in [-0.2, 0) is 17.8 Å². The first-order chi connectivity index (χ1) is 20.4. The van der Waals surface area contributed by atoms with Gasteiger partial charge in [-0.15, -0.1) is 0 Å². The molecule has 0 bridgehead atoms. The van der Waals surface area contributed by atoms with Gasteiger partial charge in [-0.3, -0.25) is 4.79 Å². The average molecular weight is 567 g/mol. The summed E-state index contributed by atoms with van der Waals surface area (Å²) in [5.41, 5.74) is 4.92. The zero-order chi connectivity index (χ0) is 29.8. The van der Waals surface area contributed by atoms with E-state index in [4.69, 9.17) is 9.72 Å². The number of aromatic nitrogens is 1. The molecule has 216 valence electrons. The van der Waals surface area contributed by atoms with Crippen molar-refractivity contribution in [3.8, 4) is 18.0 Å². The molecule has 10 nitrogen and oxygen atoms in total. The highest BCUT2D eigenvalue weighted by atomic mass is 16.5. The molecule has 3 heterocycles. The predicted octanol–water partition coefficient (Wildman–Crippen LogP) is 2.83. The van der Waals surface area contributed by atoms with Crippen molar-refractivity contribution >= 4 is 28.1 Å². The van der Waals surface area contributed by atoms with Gasteiger partial charge in [-0.05, 0) is 36.4 Å². The van der Waals surface area contributed by atoms with Gasteiger partial charge in [-0.2, -0.15) is 10.5 Å². The Morgan fingerprint density at radius 2 is 2.00 bits per heavy atom. The van der Waals surface area contributed by atoms with E-state index >= 15 is 0 Å². The third-order valence-electron chi connectivity index (χ3n) is 8.04. The minimum Gasteiger partial charge on any atom is -0.474 e. The van der Waals surface area contributed by atoms with E-state index < -0.39 is 12.7 Å². The second-order valence-corrected chi connectivity index (χ2v) is 10.6. The minimum atomic E-state index is -1.12. The summed E-state index contributed by atoms with van der Waals surface area (Å²) in [5.74, 6) is -0.133. The first-order valence-corrected chi connectivity index (χ1v) is 14.1. The van der Waals surface area contributed by atoms with Crippen LogP contribution in [0.15, 0.2) is 49.1 Å². The van der Waals surface area contributed by atoms with E-state index in [9.17, 15) is 25.5 Å². The summed E-state index contributed by atoms with van der Waals surface area (Å²) < 4.78 is 5.84. The number of amides is 1. The van der Waals surface area contributed by atoms with Crippen molar-refractivity contribution in [2.45, 2.75) is 38.5 Å². The Morgan fingerprint density at radius 3 is 2.71 bits per heavy atom. The van der Waals surface area contributed by atoms with Crippen LogP contribution in [0.5, 0.6) is 5.88 Å². The van der Waals surface area contributed by atoms with Crippen molar-refractivity contribution in [1.82, 2.24) is 9.88 Å². The number of carbonyl (C=O) groups excluding carboxylic acids is 1. The van der Waals surface area contributed by atoms with Crippen LogP contribution >= 0.6 is 0 Å². The molecule has 0 aliphatic carbocycles. The van der Waals surface area contributed by atoms with E-state index in [-0.39, 0.29) is 36.4 Å². The maximum atomic E-state index is 12.5. The smallest absolute Gasteiger partial charge is 0.246 e. The number of benzene rings is 2. The number of anilines is 2. The van der Waals surface area contributed by atoms with Crippen LogP contribution in [0, 0.1) is 29.6 Å². The average Bonchev–Trinajstić information content (AvgIpc) is 3.02. The molecule has 2 aliphatic heterocycles. The molecule has 1 amide bonds. The topological polar surface area (TPSA) is 137 Å². The molecule has 1 aromatic heterocycles. The molecule has 0 radical (unpaired) electrons. The summed E-state index contributed by atoms with van der Waals surface area (Å²) in [4.78, 5) is 23.3. The number of hydrogen-bond donors (Lipinski definition) is 2. The highest BCUT2D eigenvalue weighted by Crippen LogP contribution is 2.40. The second-order valence-electron chi connectivity index (χ2n) is 10.6. The fourth-order valence-corrected chi connectivity index (χ4v) is 6.04. The van der Waals surface area contributed by atoms with E-state index in [1.165, 1.54) is 17.0 Å². The van der Waals surface area contributed by atoms with Gasteiger partial charge < -0.3 is 29.6 Å². The predicted molar refractivity (Wildman–Crippen MR) is 159 cm³/mol. The van der Waals surface area contributed by atoms with Crippen LogP contribution in [0.2, 0.25) is 0 Å². The second kappa shape index (κ2) is 12.5. The number of nitriles is 2. The maximum absolute atomic E-state index is 12.5. The summed E-state index contributed by atoms with van der Waals surface area (Å²) in [6.45, 7) is 7.39. The summed E-state index contributed by atoms with van der Waals surface area (Å²) in [7, 11) is 0. The fraction of sp³-hybridized carbons (Fsp3) is 0.375. The Balaban J connectivity index is 1.58. The summed E-state index contributed by atoms with van der Waals surface area (Å²) in [6, 6.07) is 16.6. The molecule has 2 atom stereocenters. The zero-order valence-corrected chi connectivity index (χ0v) is 23.7. The van der Waals surface area contributed by atoms with Gasteiger partial charge in [0.1, 0.15) is 24.3 Å². The number of aliphatic hydroxyl groups is 2. The van der Waals surface area contributed by atoms with Crippen LogP contribution < -0.4 is 14.5 Å². The highest BCUT2D eigenvalue weighted by molar-refractivity contribution is 5.97. The van der Waals surface area contributed by atoms with Crippen LogP contribution in [0.1, 0.15) is 28.8 Å². The molecule has 1 saturated heterocycles. The summed E-state index contributed by atoms with van der Waals surface area (Å²) in [6.07, 6.45) is 0.910. The zero-order valence-electron chi connectivity index (χ0n) is 23.7. The molecule has 0 saturated carbocycles. The highest BCUT2D eigenvalue weighted by Gasteiger charge is 2.35. The van der Waals surface area contributed by atoms with E-state index in [2.05, 4.69) is 71.8 Å². The number of nitrogens with zero attached hydrogens (tertiary/aromatic N) is 6. The number of aliphatic hydroxyl groups excluding tert-OH is 2. The largest absolute Gasteiger partial charge is 0.474 e. The number of pyridine rings is 1. The van der Waals surface area contributed by atoms with Crippen LogP contribution in [0.3, 0.4) is 0 Å². The van der Waals surface area contributed by atoms with Crippen molar-refractivity contribution in [2.24, 2.45) is 0 Å². The van der Waals surface area contributed by atoms with Gasteiger partial charge >= 0.3 is 0 Å². The number of aryl methyl sites for hydroxylation is 1. The van der Waals surface area contributed by atoms with Crippen molar-refractivity contribution in [2.75, 3.05) is 49.2 Å². The Hall–Kier alpha value is -4.64. The summed E-state index contributed by atoms with van der Waals surface area (Å²) in [5, 5.41) is 41.5. The molecule has 42 heavy (non-hydrogen) atoms. The molecule has 2 N–H and O–H groups in total. The van der Waals surface area contributed by atoms with Gasteiger partial charge in [0.25, 0.3) is 0 Å². The van der Waals surface area contributed by atoms with Crippen molar-refractivity contribution in [3.63, 3.8) is 0 Å². The van der Waals surface area contributed by atoms with Gasteiger partial charge in [-0.1, -0.05) is 36.9 Å². The minimum absolute atomic E-state index is 0.0936. The number of fused-ring (bicyclic) bond motifs is 2. The standard InChI is InChI=1S/C32H34N6O4/c1-3-29(41)38-15-14-37(17-23(38)10-12-33)31-25-11-13-36(28-9-5-8-22-7-4-6-21(2)30(22)28)18-27(25)35-32(26(31)16-34)42-20-24(40)19-39/h3-9,23-24,39-40H,1,10-11,13-15,17-20H2,2H3/t23-,24?/m0/s1. The SMILES string of the molecule is C=CC(=O)N1CCN(c2c(C#N)c(OCC(O)CO)nc3c2CCN(c2cccc4cccc(C)c24)C3)C[C@@H]1CC#N. The Morgan fingerprint density at radius 1 is 1.21 bits per heavy atom. The fourth-order valence-electron chi connectivity index (χ4n) is 6.04. The molecule has 1 unspecified atom stereocenters.